The van der Waals surface area contributed by atoms with E-state index in [-0.39, 0.29) is 0 Å². The normalized spacial score (nSPS) is 21.6. The van der Waals surface area contributed by atoms with Gasteiger partial charge in [-0.25, -0.2) is 8.42 Å². The summed E-state index contributed by atoms with van der Waals surface area (Å²) in [6, 6.07) is 0.372. The molecule has 0 aromatic rings. The lowest BCUT2D eigenvalue weighted by molar-refractivity contribution is 0.461. The summed E-state index contributed by atoms with van der Waals surface area (Å²) in [7, 11) is -2.72. The Hall–Kier alpha value is -0.530. The minimum atomic E-state index is -2.72. The lowest BCUT2D eigenvalue weighted by atomic mass is 10.1. The maximum absolute atomic E-state index is 11.1. The fourth-order valence-electron chi connectivity index (χ4n) is 1.59. The fraction of sp³-hybridized carbons (Fsp3) is 0.800. The van der Waals surface area contributed by atoms with Crippen molar-refractivity contribution in [2.24, 2.45) is 0 Å². The van der Waals surface area contributed by atoms with Crippen molar-refractivity contribution in [1.29, 1.82) is 0 Å². The van der Waals surface area contributed by atoms with Gasteiger partial charge in [-0.2, -0.15) is 0 Å². The third kappa shape index (κ3) is 4.12. The van der Waals surface area contributed by atoms with E-state index in [0.717, 1.165) is 32.2 Å². The van der Waals surface area contributed by atoms with Gasteiger partial charge < -0.3 is 5.32 Å². The minimum absolute atomic E-state index is 0.333. The molecule has 1 N–H and O–H groups in total. The van der Waals surface area contributed by atoms with Crippen LogP contribution in [0.2, 0.25) is 0 Å². The van der Waals surface area contributed by atoms with Gasteiger partial charge in [-0.05, 0) is 25.8 Å². The van der Waals surface area contributed by atoms with Gasteiger partial charge in [0, 0.05) is 12.5 Å². The highest BCUT2D eigenvalue weighted by molar-refractivity contribution is 7.91. The van der Waals surface area contributed by atoms with Gasteiger partial charge in [0.25, 0.3) is 0 Å². The first-order chi connectivity index (χ1) is 6.64. The average molecular weight is 215 g/mol. The highest BCUT2D eigenvalue weighted by atomic mass is 32.2. The summed E-state index contributed by atoms with van der Waals surface area (Å²) in [5.41, 5.74) is 0. The molecule has 1 heterocycles. The van der Waals surface area contributed by atoms with Crippen LogP contribution >= 0.6 is 0 Å². The summed E-state index contributed by atoms with van der Waals surface area (Å²) in [6.07, 6.45) is 8.38. The molecule has 0 aliphatic carbocycles. The molecular weight excluding hydrogens is 198 g/mol. The standard InChI is InChI=1S/C10H17NO2S/c1-2-3-4-7-11-10-5-8-14(12,13)9-6-10/h1,10-11H,3-9H2. The van der Waals surface area contributed by atoms with Crippen molar-refractivity contribution < 1.29 is 8.42 Å². The van der Waals surface area contributed by atoms with Gasteiger partial charge >= 0.3 is 0 Å². The van der Waals surface area contributed by atoms with Crippen molar-refractivity contribution in [3.8, 4) is 12.3 Å². The minimum Gasteiger partial charge on any atom is -0.314 e. The van der Waals surface area contributed by atoms with Crippen LogP contribution in [-0.4, -0.2) is 32.5 Å². The summed E-state index contributed by atoms with van der Waals surface area (Å²) in [5.74, 6) is 3.25. The zero-order chi connectivity index (χ0) is 10.4. The molecule has 1 aliphatic rings. The molecule has 0 aromatic carbocycles. The van der Waals surface area contributed by atoms with E-state index < -0.39 is 9.84 Å². The molecule has 1 fully saturated rings. The third-order valence-electron chi connectivity index (χ3n) is 2.49. The number of rotatable bonds is 4. The largest absolute Gasteiger partial charge is 0.314 e. The van der Waals surface area contributed by atoms with E-state index in [9.17, 15) is 8.42 Å². The molecule has 0 spiro atoms. The molecule has 0 bridgehead atoms. The van der Waals surface area contributed by atoms with Crippen LogP contribution in [0.15, 0.2) is 0 Å². The molecule has 3 nitrogen and oxygen atoms in total. The van der Waals surface area contributed by atoms with Crippen LogP contribution in [-0.2, 0) is 9.84 Å². The molecule has 0 aromatic heterocycles. The maximum Gasteiger partial charge on any atom is 0.150 e. The Morgan fingerprint density at radius 3 is 2.57 bits per heavy atom. The predicted octanol–water partition coefficient (Wildman–Crippen LogP) is 0.567. The second-order valence-corrected chi connectivity index (χ2v) is 5.99. The molecule has 4 heteroatoms. The predicted molar refractivity (Wildman–Crippen MR) is 57.7 cm³/mol. The van der Waals surface area contributed by atoms with Crippen molar-refractivity contribution >= 4 is 9.84 Å². The Balaban J connectivity index is 2.14. The summed E-state index contributed by atoms with van der Waals surface area (Å²) in [4.78, 5) is 0. The number of unbranched alkanes of at least 4 members (excludes halogenated alkanes) is 1. The van der Waals surface area contributed by atoms with Gasteiger partial charge in [0.2, 0.25) is 0 Å². The fourth-order valence-corrected chi connectivity index (χ4v) is 3.08. The SMILES string of the molecule is C#CCCCNC1CCS(=O)(=O)CC1. The Morgan fingerprint density at radius 1 is 1.36 bits per heavy atom. The highest BCUT2D eigenvalue weighted by Crippen LogP contribution is 2.11. The van der Waals surface area contributed by atoms with Crippen molar-refractivity contribution in [2.75, 3.05) is 18.1 Å². The zero-order valence-electron chi connectivity index (χ0n) is 8.33. The lowest BCUT2D eigenvalue weighted by Gasteiger charge is -2.22. The molecule has 0 atom stereocenters. The van der Waals surface area contributed by atoms with E-state index in [4.69, 9.17) is 6.42 Å². The van der Waals surface area contributed by atoms with E-state index in [1.165, 1.54) is 0 Å². The molecule has 1 rings (SSSR count). The van der Waals surface area contributed by atoms with E-state index in [1.54, 1.807) is 0 Å². The van der Waals surface area contributed by atoms with Crippen LogP contribution in [0.4, 0.5) is 0 Å². The molecule has 80 valence electrons. The van der Waals surface area contributed by atoms with E-state index in [1.807, 2.05) is 0 Å². The molecule has 14 heavy (non-hydrogen) atoms. The van der Waals surface area contributed by atoms with Crippen molar-refractivity contribution in [2.45, 2.75) is 31.7 Å². The lowest BCUT2D eigenvalue weighted by Crippen LogP contribution is -2.37. The van der Waals surface area contributed by atoms with Crippen LogP contribution in [0, 0.1) is 12.3 Å². The topological polar surface area (TPSA) is 46.2 Å². The van der Waals surface area contributed by atoms with Crippen LogP contribution < -0.4 is 5.32 Å². The van der Waals surface area contributed by atoms with Crippen LogP contribution in [0.1, 0.15) is 25.7 Å². The average Bonchev–Trinajstić information content (AvgIpc) is 2.15. The second-order valence-electron chi connectivity index (χ2n) is 3.69. The monoisotopic (exact) mass is 215 g/mol. The Morgan fingerprint density at radius 2 is 2.00 bits per heavy atom. The number of terminal acetylenes is 1. The van der Waals surface area contributed by atoms with Gasteiger partial charge in [-0.15, -0.1) is 12.3 Å². The zero-order valence-corrected chi connectivity index (χ0v) is 9.15. The maximum atomic E-state index is 11.1. The summed E-state index contributed by atoms with van der Waals surface area (Å²) >= 11 is 0. The van der Waals surface area contributed by atoms with Gasteiger partial charge in [-0.3, -0.25) is 0 Å². The van der Waals surface area contributed by atoms with Crippen molar-refractivity contribution in [1.82, 2.24) is 5.32 Å². The molecule has 0 unspecified atom stereocenters. The van der Waals surface area contributed by atoms with Crippen LogP contribution in [0.5, 0.6) is 0 Å². The highest BCUT2D eigenvalue weighted by Gasteiger charge is 2.22. The van der Waals surface area contributed by atoms with E-state index >= 15 is 0 Å². The first-order valence-electron chi connectivity index (χ1n) is 5.01. The van der Waals surface area contributed by atoms with Gasteiger partial charge in [-0.1, -0.05) is 0 Å². The molecule has 0 amide bonds. The summed E-state index contributed by atoms with van der Waals surface area (Å²) < 4.78 is 22.2. The molecule has 1 aliphatic heterocycles. The Kier molecular flexibility index (Phi) is 4.43. The first kappa shape index (κ1) is 11.5. The molecule has 0 radical (unpaired) electrons. The quantitative estimate of drug-likeness (QED) is 0.551. The van der Waals surface area contributed by atoms with Gasteiger partial charge in [0.15, 0.2) is 0 Å². The van der Waals surface area contributed by atoms with E-state index in [0.29, 0.717) is 17.5 Å². The Bertz CT molecular complexity index is 289. The number of nitrogens with one attached hydrogen (secondary N) is 1. The first-order valence-corrected chi connectivity index (χ1v) is 6.83. The summed E-state index contributed by atoms with van der Waals surface area (Å²) in [5, 5.41) is 3.33. The smallest absolute Gasteiger partial charge is 0.150 e. The number of hydrogen-bond donors (Lipinski definition) is 1. The second kappa shape index (κ2) is 5.38. The van der Waals surface area contributed by atoms with Gasteiger partial charge in [0.05, 0.1) is 11.5 Å². The van der Waals surface area contributed by atoms with Crippen LogP contribution in [0.25, 0.3) is 0 Å². The van der Waals surface area contributed by atoms with E-state index in [2.05, 4.69) is 11.2 Å². The number of sulfone groups is 1. The van der Waals surface area contributed by atoms with Crippen molar-refractivity contribution in [3.63, 3.8) is 0 Å². The molecular formula is C10H17NO2S. The summed E-state index contributed by atoms with van der Waals surface area (Å²) in [6.45, 7) is 0.898. The number of hydrogen-bond acceptors (Lipinski definition) is 3. The molecule has 1 saturated heterocycles. The third-order valence-corrected chi connectivity index (χ3v) is 4.20. The van der Waals surface area contributed by atoms with Crippen LogP contribution in [0.3, 0.4) is 0 Å². The van der Waals surface area contributed by atoms with Gasteiger partial charge in [0.1, 0.15) is 9.84 Å². The van der Waals surface area contributed by atoms with Crippen molar-refractivity contribution in [3.05, 3.63) is 0 Å². The Labute approximate surface area is 86.2 Å². The molecule has 0 saturated carbocycles.